The van der Waals surface area contributed by atoms with Gasteiger partial charge in [-0.05, 0) is 6.07 Å². The van der Waals surface area contributed by atoms with Gasteiger partial charge in [-0.25, -0.2) is 4.98 Å². The number of amides is 1. The maximum absolute atomic E-state index is 12.5. The second kappa shape index (κ2) is 5.07. The van der Waals surface area contributed by atoms with Gasteiger partial charge in [-0.1, -0.05) is 0 Å². The Balaban J connectivity index is 2.03. The Morgan fingerprint density at radius 2 is 2.26 bits per heavy atom. The third kappa shape index (κ3) is 3.36. The van der Waals surface area contributed by atoms with Crippen molar-refractivity contribution in [2.24, 2.45) is 0 Å². The molecule has 2 rings (SSSR count). The molecule has 1 aliphatic heterocycles. The molecular formula is C12H13F3N2O2. The van der Waals surface area contributed by atoms with Gasteiger partial charge in [-0.2, -0.15) is 13.2 Å². The number of pyridine rings is 1. The maximum atomic E-state index is 12.5. The van der Waals surface area contributed by atoms with E-state index >= 15 is 0 Å². The highest BCUT2D eigenvalue weighted by Crippen LogP contribution is 2.30. The van der Waals surface area contributed by atoms with Crippen molar-refractivity contribution in [2.45, 2.75) is 25.6 Å². The molecule has 1 atom stereocenters. The van der Waals surface area contributed by atoms with Gasteiger partial charge in [0.25, 0.3) is 0 Å². The average molecular weight is 274 g/mol. The summed E-state index contributed by atoms with van der Waals surface area (Å²) in [5.41, 5.74) is -0.793. The van der Waals surface area contributed by atoms with Crippen LogP contribution >= 0.6 is 0 Å². The molecule has 1 amide bonds. The van der Waals surface area contributed by atoms with Crippen LogP contribution in [-0.2, 0) is 11.0 Å². The second-order valence-corrected chi connectivity index (χ2v) is 4.37. The van der Waals surface area contributed by atoms with E-state index in [1.54, 1.807) is 4.90 Å². The van der Waals surface area contributed by atoms with E-state index < -0.39 is 11.7 Å². The molecular weight excluding hydrogens is 261 g/mol. The number of hydrogen-bond donors (Lipinski definition) is 0. The molecule has 1 aromatic heterocycles. The molecule has 0 aliphatic carbocycles. The predicted octanol–water partition coefficient (Wildman–Crippen LogP) is 2.10. The topological polar surface area (TPSA) is 42.4 Å². The maximum Gasteiger partial charge on any atom is 0.416 e. The predicted molar refractivity (Wildman–Crippen MR) is 60.5 cm³/mol. The summed E-state index contributed by atoms with van der Waals surface area (Å²) in [6.07, 6.45) is -3.06. The van der Waals surface area contributed by atoms with Crippen molar-refractivity contribution >= 4 is 5.91 Å². The summed E-state index contributed by atoms with van der Waals surface area (Å²) in [4.78, 5) is 16.5. The van der Waals surface area contributed by atoms with Crippen LogP contribution in [0.5, 0.6) is 5.88 Å². The van der Waals surface area contributed by atoms with E-state index in [9.17, 15) is 18.0 Å². The summed E-state index contributed by atoms with van der Waals surface area (Å²) in [5, 5.41) is 0. The van der Waals surface area contributed by atoms with Crippen molar-refractivity contribution < 1.29 is 22.7 Å². The van der Waals surface area contributed by atoms with Gasteiger partial charge in [-0.3, -0.25) is 4.79 Å². The number of aromatic nitrogens is 1. The molecule has 0 aromatic carbocycles. The lowest BCUT2D eigenvalue weighted by Gasteiger charge is -2.15. The Morgan fingerprint density at radius 1 is 1.53 bits per heavy atom. The average Bonchev–Trinajstić information content (AvgIpc) is 2.77. The molecule has 104 valence electrons. The quantitative estimate of drug-likeness (QED) is 0.829. The summed E-state index contributed by atoms with van der Waals surface area (Å²) in [5.74, 6) is -0.131. The van der Waals surface area contributed by atoms with Gasteiger partial charge in [0.1, 0.15) is 6.10 Å². The minimum absolute atomic E-state index is 0.0646. The lowest BCUT2D eigenvalue weighted by atomic mass is 10.2. The van der Waals surface area contributed by atoms with Gasteiger partial charge < -0.3 is 9.64 Å². The van der Waals surface area contributed by atoms with E-state index in [2.05, 4.69) is 4.98 Å². The first-order valence-electron chi connectivity index (χ1n) is 5.81. The van der Waals surface area contributed by atoms with Crippen LogP contribution in [0.2, 0.25) is 0 Å². The third-order valence-electron chi connectivity index (χ3n) is 2.94. The minimum atomic E-state index is -4.41. The third-order valence-corrected chi connectivity index (χ3v) is 2.94. The van der Waals surface area contributed by atoms with E-state index in [0.29, 0.717) is 19.5 Å². The number of alkyl halides is 3. The molecule has 0 unspecified atom stereocenters. The summed E-state index contributed by atoms with van der Waals surface area (Å²) >= 11 is 0. The molecule has 7 heteroatoms. The van der Waals surface area contributed by atoms with Gasteiger partial charge in [0.2, 0.25) is 11.8 Å². The van der Waals surface area contributed by atoms with E-state index in [4.69, 9.17) is 4.74 Å². The van der Waals surface area contributed by atoms with Crippen molar-refractivity contribution in [1.82, 2.24) is 9.88 Å². The fourth-order valence-corrected chi connectivity index (χ4v) is 1.93. The number of likely N-dealkylation sites (tertiary alicyclic amines) is 1. The van der Waals surface area contributed by atoms with Gasteiger partial charge >= 0.3 is 6.18 Å². The molecule has 1 saturated heterocycles. The van der Waals surface area contributed by atoms with Gasteiger partial charge in [0.05, 0.1) is 12.1 Å². The largest absolute Gasteiger partial charge is 0.472 e. The first-order chi connectivity index (χ1) is 8.86. The number of halogens is 3. The molecule has 1 aliphatic rings. The summed E-state index contributed by atoms with van der Waals surface area (Å²) < 4.78 is 42.9. The molecule has 2 heterocycles. The normalized spacial score (nSPS) is 19.6. The smallest absolute Gasteiger partial charge is 0.416 e. The van der Waals surface area contributed by atoms with Crippen molar-refractivity contribution in [3.8, 4) is 5.88 Å². The zero-order valence-electron chi connectivity index (χ0n) is 10.3. The molecule has 1 fully saturated rings. The van der Waals surface area contributed by atoms with Crippen LogP contribution in [0.3, 0.4) is 0 Å². The number of hydrogen-bond acceptors (Lipinski definition) is 3. The van der Waals surface area contributed by atoms with Gasteiger partial charge in [0.15, 0.2) is 0 Å². The molecule has 4 nitrogen and oxygen atoms in total. The Bertz CT molecular complexity index is 476. The summed E-state index contributed by atoms with van der Waals surface area (Å²) in [6.45, 7) is 2.39. The Hall–Kier alpha value is -1.79. The van der Waals surface area contributed by atoms with Crippen molar-refractivity contribution in [3.63, 3.8) is 0 Å². The van der Waals surface area contributed by atoms with Crippen molar-refractivity contribution in [1.29, 1.82) is 0 Å². The number of rotatable bonds is 2. The second-order valence-electron chi connectivity index (χ2n) is 4.37. The van der Waals surface area contributed by atoms with Crippen molar-refractivity contribution in [3.05, 3.63) is 23.9 Å². The molecule has 0 N–H and O–H groups in total. The minimum Gasteiger partial charge on any atom is -0.472 e. The summed E-state index contributed by atoms with van der Waals surface area (Å²) in [6, 6.07) is 1.76. The monoisotopic (exact) mass is 274 g/mol. The zero-order valence-corrected chi connectivity index (χ0v) is 10.3. The van der Waals surface area contributed by atoms with Gasteiger partial charge in [0, 0.05) is 32.2 Å². The van der Waals surface area contributed by atoms with Crippen molar-refractivity contribution in [2.75, 3.05) is 13.1 Å². The Morgan fingerprint density at radius 3 is 2.84 bits per heavy atom. The lowest BCUT2D eigenvalue weighted by molar-refractivity contribution is -0.137. The van der Waals surface area contributed by atoms with E-state index in [-0.39, 0.29) is 17.9 Å². The van der Waals surface area contributed by atoms with Crippen LogP contribution < -0.4 is 4.74 Å². The standard InChI is InChI=1S/C12H13F3N2O2/c1-8(18)17-5-3-10(7-17)19-11-6-9(2-4-16-11)12(13,14)15/h2,4,6,10H,3,5,7H2,1H3/t10-/m1/s1. The fourth-order valence-electron chi connectivity index (χ4n) is 1.93. The first kappa shape index (κ1) is 13.6. The highest BCUT2D eigenvalue weighted by molar-refractivity contribution is 5.73. The Labute approximate surface area is 108 Å². The summed E-state index contributed by atoms with van der Waals surface area (Å²) in [7, 11) is 0. The Kier molecular flexibility index (Phi) is 3.64. The number of nitrogens with zero attached hydrogens (tertiary/aromatic N) is 2. The number of carbonyl (C=O) groups is 1. The number of carbonyl (C=O) groups excluding carboxylic acids is 1. The molecule has 0 bridgehead atoms. The lowest BCUT2D eigenvalue weighted by Crippen LogP contribution is -2.28. The highest BCUT2D eigenvalue weighted by atomic mass is 19.4. The molecule has 19 heavy (non-hydrogen) atoms. The molecule has 0 spiro atoms. The van der Waals surface area contributed by atoms with E-state index in [1.165, 1.54) is 6.92 Å². The van der Waals surface area contributed by atoms with Crippen LogP contribution in [0.4, 0.5) is 13.2 Å². The SMILES string of the molecule is CC(=O)N1CC[C@@H](Oc2cc(C(F)(F)F)ccn2)C1. The number of ether oxygens (including phenoxy) is 1. The molecule has 0 radical (unpaired) electrons. The van der Waals surface area contributed by atoms with Crippen LogP contribution in [0.1, 0.15) is 18.9 Å². The highest BCUT2D eigenvalue weighted by Gasteiger charge is 2.32. The fraction of sp³-hybridized carbons (Fsp3) is 0.500. The van der Waals surface area contributed by atoms with Crippen LogP contribution in [0.25, 0.3) is 0 Å². The zero-order chi connectivity index (χ0) is 14.0. The van der Waals surface area contributed by atoms with Gasteiger partial charge in [-0.15, -0.1) is 0 Å². The van der Waals surface area contributed by atoms with Crippen LogP contribution in [0, 0.1) is 0 Å². The first-order valence-corrected chi connectivity index (χ1v) is 5.81. The molecule has 0 saturated carbocycles. The van der Waals surface area contributed by atoms with Crippen LogP contribution in [-0.4, -0.2) is 35.0 Å². The van der Waals surface area contributed by atoms with E-state index in [0.717, 1.165) is 18.3 Å². The van der Waals surface area contributed by atoms with Crippen LogP contribution in [0.15, 0.2) is 18.3 Å². The molecule has 1 aromatic rings. The van der Waals surface area contributed by atoms with E-state index in [1.807, 2.05) is 0 Å².